The van der Waals surface area contributed by atoms with Crippen LogP contribution in [0.4, 0.5) is 17.5 Å². The summed E-state index contributed by atoms with van der Waals surface area (Å²) in [7, 11) is 3.08. The molecule has 3 heterocycles. The van der Waals surface area contributed by atoms with Gasteiger partial charge in [-0.2, -0.15) is 4.98 Å². The summed E-state index contributed by atoms with van der Waals surface area (Å²) in [5.74, 6) is 1.32. The Hall–Kier alpha value is -4.27. The van der Waals surface area contributed by atoms with Gasteiger partial charge < -0.3 is 30.3 Å². The van der Waals surface area contributed by atoms with Crippen LogP contribution in [0.25, 0.3) is 11.0 Å². The Balaban J connectivity index is 1.61. The van der Waals surface area contributed by atoms with E-state index in [9.17, 15) is 4.79 Å². The first-order valence-electron chi connectivity index (χ1n) is 10.9. The van der Waals surface area contributed by atoms with Crippen molar-refractivity contribution in [3.63, 3.8) is 0 Å². The van der Waals surface area contributed by atoms with Crippen molar-refractivity contribution in [1.29, 1.82) is 0 Å². The molecule has 9 heteroatoms. The fraction of sp³-hybridized carbons (Fsp3) is 0.240. The normalized spacial score (nSPS) is 13.1. The molecule has 34 heavy (non-hydrogen) atoms. The van der Waals surface area contributed by atoms with Crippen molar-refractivity contribution in [3.8, 4) is 11.5 Å². The van der Waals surface area contributed by atoms with Gasteiger partial charge in [0, 0.05) is 35.8 Å². The first-order valence-corrected chi connectivity index (χ1v) is 10.9. The molecule has 0 fully saturated rings. The van der Waals surface area contributed by atoms with Gasteiger partial charge in [0.25, 0.3) is 5.91 Å². The summed E-state index contributed by atoms with van der Waals surface area (Å²) in [5.41, 5.74) is 15.7. The minimum absolute atomic E-state index is 0.108. The number of aromatic nitrogens is 2. The van der Waals surface area contributed by atoms with Crippen molar-refractivity contribution in [2.45, 2.75) is 19.3 Å². The van der Waals surface area contributed by atoms with E-state index in [1.54, 1.807) is 24.3 Å². The molecule has 0 spiro atoms. The molecule has 4 N–H and O–H groups in total. The van der Waals surface area contributed by atoms with Crippen LogP contribution in [0.5, 0.6) is 11.5 Å². The van der Waals surface area contributed by atoms with Crippen molar-refractivity contribution >= 4 is 34.3 Å². The molecule has 2 aromatic carbocycles. The number of para-hydroxylation sites is 1. The second-order valence-corrected chi connectivity index (χ2v) is 8.13. The topological polar surface area (TPSA) is 130 Å². The number of fused-ring (bicyclic) bond motifs is 2. The molecule has 0 radical (unpaired) electrons. The van der Waals surface area contributed by atoms with Crippen LogP contribution >= 0.6 is 0 Å². The van der Waals surface area contributed by atoms with Gasteiger partial charge in [0.2, 0.25) is 11.7 Å². The minimum Gasteiger partial charge on any atom is -0.493 e. The van der Waals surface area contributed by atoms with Crippen LogP contribution in [0.3, 0.4) is 0 Å². The molecule has 4 aromatic rings. The number of hydrogen-bond acceptors (Lipinski definition) is 8. The molecule has 0 bridgehead atoms. The molecule has 2 aromatic heterocycles. The van der Waals surface area contributed by atoms with Crippen molar-refractivity contribution in [3.05, 3.63) is 65.0 Å². The smallest absolute Gasteiger partial charge is 0.294 e. The lowest BCUT2D eigenvalue weighted by Crippen LogP contribution is -2.35. The minimum atomic E-state index is -0.203. The van der Waals surface area contributed by atoms with Gasteiger partial charge in [-0.25, -0.2) is 4.98 Å². The number of carbonyl (C=O) groups is 1. The third kappa shape index (κ3) is 3.64. The molecule has 1 aliphatic heterocycles. The lowest BCUT2D eigenvalue weighted by Gasteiger charge is -2.28. The summed E-state index contributed by atoms with van der Waals surface area (Å²) in [6.45, 7) is 0.625. The molecular weight excluding hydrogens is 434 g/mol. The fourth-order valence-corrected chi connectivity index (χ4v) is 4.46. The van der Waals surface area contributed by atoms with Crippen molar-refractivity contribution < 1.29 is 18.7 Å². The molecule has 1 aliphatic rings. The Kier molecular flexibility index (Phi) is 5.45. The van der Waals surface area contributed by atoms with Crippen LogP contribution in [0.15, 0.2) is 47.0 Å². The van der Waals surface area contributed by atoms with Crippen LogP contribution in [0.2, 0.25) is 0 Å². The number of hydrogen-bond donors (Lipinski definition) is 2. The number of nitrogen functional groups attached to an aromatic ring is 2. The third-order valence-electron chi connectivity index (χ3n) is 6.10. The quantitative estimate of drug-likeness (QED) is 0.463. The molecule has 0 saturated heterocycles. The summed E-state index contributed by atoms with van der Waals surface area (Å²) in [6, 6.07) is 11.5. The molecule has 1 amide bonds. The molecule has 0 saturated carbocycles. The fourth-order valence-electron chi connectivity index (χ4n) is 4.46. The summed E-state index contributed by atoms with van der Waals surface area (Å²) in [4.78, 5) is 23.4. The number of carbonyl (C=O) groups excluding carboxylic acids is 1. The van der Waals surface area contributed by atoms with Crippen LogP contribution in [0.1, 0.15) is 33.7 Å². The molecule has 0 atom stereocenters. The predicted octanol–water partition coefficient (Wildman–Crippen LogP) is 3.59. The van der Waals surface area contributed by atoms with Gasteiger partial charge >= 0.3 is 0 Å². The Morgan fingerprint density at radius 1 is 1.15 bits per heavy atom. The van der Waals surface area contributed by atoms with Crippen molar-refractivity contribution in [1.82, 2.24) is 9.97 Å². The van der Waals surface area contributed by atoms with Crippen LogP contribution in [0, 0.1) is 0 Å². The van der Waals surface area contributed by atoms with Crippen molar-refractivity contribution in [2.24, 2.45) is 0 Å². The largest absolute Gasteiger partial charge is 0.493 e. The van der Waals surface area contributed by atoms with Gasteiger partial charge in [-0.15, -0.1) is 0 Å². The Morgan fingerprint density at radius 3 is 2.74 bits per heavy atom. The van der Waals surface area contributed by atoms with Gasteiger partial charge in [-0.1, -0.05) is 18.2 Å². The Bertz CT molecular complexity index is 1400. The number of benzene rings is 2. The standard InChI is InChI=1S/C25H25N5O4/c1-32-19-11-15(10-16-13-28-25(27)29-23(16)26)17-12-20(34-21(17)22(19)33-2)24(31)30-9-5-7-14-6-3-4-8-18(14)30/h3-4,6,8,11-13H,5,7,9-10H2,1-2H3,(H4,26,27,28,29). The number of methoxy groups -OCH3 is 2. The summed E-state index contributed by atoms with van der Waals surface area (Å²) >= 11 is 0. The lowest BCUT2D eigenvalue weighted by molar-refractivity contribution is 0.0960. The summed E-state index contributed by atoms with van der Waals surface area (Å²) in [5, 5.41) is 0.725. The number of amides is 1. The molecule has 0 unspecified atom stereocenters. The van der Waals surface area contributed by atoms with E-state index in [0.29, 0.717) is 41.4 Å². The van der Waals surface area contributed by atoms with E-state index >= 15 is 0 Å². The van der Waals surface area contributed by atoms with Gasteiger partial charge in [0.1, 0.15) is 5.82 Å². The van der Waals surface area contributed by atoms with E-state index in [1.807, 2.05) is 24.3 Å². The first-order chi connectivity index (χ1) is 16.5. The number of nitrogens with two attached hydrogens (primary N) is 2. The van der Waals surface area contributed by atoms with E-state index in [-0.39, 0.29) is 17.6 Å². The zero-order chi connectivity index (χ0) is 23.8. The molecular formula is C25H25N5O4. The maximum atomic E-state index is 13.6. The Labute approximate surface area is 196 Å². The highest BCUT2D eigenvalue weighted by atomic mass is 16.5. The first kappa shape index (κ1) is 21.6. The van der Waals surface area contributed by atoms with E-state index in [0.717, 1.165) is 35.0 Å². The maximum absolute atomic E-state index is 13.6. The zero-order valence-corrected chi connectivity index (χ0v) is 19.0. The van der Waals surface area contributed by atoms with Gasteiger partial charge in [-0.05, 0) is 42.2 Å². The number of aryl methyl sites for hydroxylation is 1. The average Bonchev–Trinajstić information content (AvgIpc) is 3.30. The SMILES string of the molecule is COc1cc(Cc2cnc(N)nc2N)c2cc(C(=O)N3CCCc4ccccc43)oc2c1OC. The lowest BCUT2D eigenvalue weighted by atomic mass is 10.0. The summed E-state index contributed by atoms with van der Waals surface area (Å²) in [6.07, 6.45) is 3.82. The van der Waals surface area contributed by atoms with E-state index in [4.69, 9.17) is 25.4 Å². The molecule has 5 rings (SSSR count). The average molecular weight is 460 g/mol. The van der Waals surface area contributed by atoms with Gasteiger partial charge in [0.15, 0.2) is 17.1 Å². The van der Waals surface area contributed by atoms with Crippen LogP contribution in [-0.4, -0.2) is 36.6 Å². The molecule has 174 valence electrons. The molecule has 9 nitrogen and oxygen atoms in total. The predicted molar refractivity (Wildman–Crippen MR) is 129 cm³/mol. The second-order valence-electron chi connectivity index (χ2n) is 8.13. The van der Waals surface area contributed by atoms with Gasteiger partial charge in [-0.3, -0.25) is 4.79 Å². The van der Waals surface area contributed by atoms with Crippen molar-refractivity contribution in [2.75, 3.05) is 37.1 Å². The number of furan rings is 1. The van der Waals surface area contributed by atoms with Crippen LogP contribution < -0.4 is 25.8 Å². The molecule has 0 aliphatic carbocycles. The monoisotopic (exact) mass is 459 g/mol. The number of rotatable bonds is 5. The van der Waals surface area contributed by atoms with E-state index in [1.165, 1.54) is 7.11 Å². The van der Waals surface area contributed by atoms with E-state index in [2.05, 4.69) is 16.0 Å². The number of ether oxygens (including phenoxy) is 2. The summed E-state index contributed by atoms with van der Waals surface area (Å²) < 4.78 is 17.2. The third-order valence-corrected chi connectivity index (χ3v) is 6.10. The van der Waals surface area contributed by atoms with E-state index < -0.39 is 0 Å². The highest BCUT2D eigenvalue weighted by Crippen LogP contribution is 2.41. The zero-order valence-electron chi connectivity index (χ0n) is 19.0. The second kappa shape index (κ2) is 8.58. The van der Waals surface area contributed by atoms with Gasteiger partial charge in [0.05, 0.1) is 14.2 Å². The number of nitrogens with zero attached hydrogens (tertiary/aromatic N) is 3. The number of anilines is 3. The highest BCUT2D eigenvalue weighted by molar-refractivity contribution is 6.08. The Morgan fingerprint density at radius 2 is 1.97 bits per heavy atom. The highest BCUT2D eigenvalue weighted by Gasteiger charge is 2.28. The maximum Gasteiger partial charge on any atom is 0.294 e. The van der Waals surface area contributed by atoms with Crippen LogP contribution in [-0.2, 0) is 12.8 Å².